The third kappa shape index (κ3) is 4.47. The Hall–Kier alpha value is -1.63. The lowest BCUT2D eigenvalue weighted by Gasteiger charge is -2.26. The van der Waals surface area contributed by atoms with Crippen LogP contribution in [0.2, 0.25) is 0 Å². The second kappa shape index (κ2) is 7.96. The minimum atomic E-state index is -3.23. The molecule has 1 aromatic heterocycles. The third-order valence-corrected chi connectivity index (χ3v) is 6.30. The van der Waals surface area contributed by atoms with Crippen molar-refractivity contribution in [2.24, 2.45) is 0 Å². The molecular weight excluding hydrogens is 322 g/mol. The van der Waals surface area contributed by atoms with Crippen LogP contribution in [0, 0.1) is 0 Å². The quantitative estimate of drug-likeness (QED) is 0.809. The summed E-state index contributed by atoms with van der Waals surface area (Å²) in [6.07, 6.45) is 6.93. The number of aromatic nitrogens is 1. The van der Waals surface area contributed by atoms with Crippen molar-refractivity contribution in [3.8, 4) is 0 Å². The topological polar surface area (TPSA) is 65.2 Å². The molecule has 1 saturated heterocycles. The monoisotopic (exact) mass is 347 g/mol. The van der Waals surface area contributed by atoms with Gasteiger partial charge in [0.05, 0.1) is 5.75 Å². The summed E-state index contributed by atoms with van der Waals surface area (Å²) in [6, 6.07) is 9.83. The van der Waals surface area contributed by atoms with E-state index >= 15 is 0 Å². The van der Waals surface area contributed by atoms with Gasteiger partial charge in [0.1, 0.15) is 0 Å². The van der Waals surface area contributed by atoms with Crippen LogP contribution in [0.3, 0.4) is 0 Å². The van der Waals surface area contributed by atoms with Crippen LogP contribution in [-0.2, 0) is 28.9 Å². The highest BCUT2D eigenvalue weighted by molar-refractivity contribution is 7.88. The van der Waals surface area contributed by atoms with Crippen LogP contribution in [-0.4, -0.2) is 30.8 Å². The van der Waals surface area contributed by atoms with Crippen molar-refractivity contribution in [3.63, 3.8) is 0 Å². The van der Waals surface area contributed by atoms with Crippen LogP contribution < -0.4 is 5.32 Å². The highest BCUT2D eigenvalue weighted by atomic mass is 32.2. The van der Waals surface area contributed by atoms with Gasteiger partial charge in [-0.1, -0.05) is 30.7 Å². The van der Waals surface area contributed by atoms with Crippen molar-refractivity contribution in [1.29, 1.82) is 0 Å². The standard InChI is InChI=1S/C18H25N3O2S/c22-24(23,21-10-4-1-5-11-21)15-18-7-3-2-6-17(18)14-20-13-16-8-9-19-12-16/h2-3,6-9,12,19-20H,1,4-5,10-11,13-15H2. The Morgan fingerprint density at radius 1 is 1.00 bits per heavy atom. The van der Waals surface area contributed by atoms with Crippen LogP contribution in [0.1, 0.15) is 36.0 Å². The molecule has 2 N–H and O–H groups in total. The van der Waals surface area contributed by atoms with E-state index in [0.29, 0.717) is 19.6 Å². The molecule has 1 fully saturated rings. The van der Waals surface area contributed by atoms with Gasteiger partial charge in [-0.25, -0.2) is 12.7 Å². The molecular formula is C18H25N3O2S. The summed E-state index contributed by atoms with van der Waals surface area (Å²) < 4.78 is 27.0. The van der Waals surface area contributed by atoms with Crippen LogP contribution in [0.15, 0.2) is 42.7 Å². The van der Waals surface area contributed by atoms with Crippen LogP contribution in [0.25, 0.3) is 0 Å². The zero-order valence-electron chi connectivity index (χ0n) is 13.9. The van der Waals surface area contributed by atoms with Crippen molar-refractivity contribution in [3.05, 3.63) is 59.4 Å². The molecule has 0 bridgehead atoms. The summed E-state index contributed by atoms with van der Waals surface area (Å²) in [4.78, 5) is 3.03. The first-order valence-corrected chi connectivity index (χ1v) is 10.1. The molecule has 1 aliphatic heterocycles. The van der Waals surface area contributed by atoms with Gasteiger partial charge in [-0.05, 0) is 35.6 Å². The fraction of sp³-hybridized carbons (Fsp3) is 0.444. The summed E-state index contributed by atoms with van der Waals surface area (Å²) in [5, 5.41) is 3.38. The summed E-state index contributed by atoms with van der Waals surface area (Å²) in [7, 11) is -3.23. The Kier molecular flexibility index (Phi) is 5.71. The second-order valence-corrected chi connectivity index (χ2v) is 8.28. The average molecular weight is 347 g/mol. The molecule has 3 rings (SSSR count). The Labute approximate surface area is 144 Å². The molecule has 1 aliphatic rings. The molecule has 2 heterocycles. The first-order valence-electron chi connectivity index (χ1n) is 8.52. The molecule has 2 aromatic rings. The van der Waals surface area contributed by atoms with Gasteiger partial charge >= 0.3 is 0 Å². The summed E-state index contributed by atoms with van der Waals surface area (Å²) in [5.41, 5.74) is 3.13. The summed E-state index contributed by atoms with van der Waals surface area (Å²) in [5.74, 6) is 0.0923. The Morgan fingerprint density at radius 2 is 1.75 bits per heavy atom. The average Bonchev–Trinajstić information content (AvgIpc) is 3.10. The van der Waals surface area contributed by atoms with Gasteiger partial charge in [0.2, 0.25) is 10.0 Å². The molecule has 0 aliphatic carbocycles. The maximum Gasteiger partial charge on any atom is 0.218 e. The smallest absolute Gasteiger partial charge is 0.218 e. The van der Waals surface area contributed by atoms with E-state index in [2.05, 4.69) is 10.3 Å². The largest absolute Gasteiger partial charge is 0.367 e. The third-order valence-electron chi connectivity index (χ3n) is 4.47. The van der Waals surface area contributed by atoms with Gasteiger partial charge in [0.15, 0.2) is 0 Å². The first kappa shape index (κ1) is 17.2. The molecule has 0 radical (unpaired) electrons. The molecule has 0 unspecified atom stereocenters. The molecule has 5 nitrogen and oxygen atoms in total. The zero-order valence-corrected chi connectivity index (χ0v) is 14.7. The number of nitrogens with one attached hydrogen (secondary N) is 2. The van der Waals surface area contributed by atoms with Crippen molar-refractivity contribution < 1.29 is 8.42 Å². The van der Waals surface area contributed by atoms with Gasteiger partial charge in [0.25, 0.3) is 0 Å². The van der Waals surface area contributed by atoms with E-state index in [0.717, 1.165) is 36.9 Å². The highest BCUT2D eigenvalue weighted by Gasteiger charge is 2.24. The lowest BCUT2D eigenvalue weighted by Crippen LogP contribution is -2.36. The van der Waals surface area contributed by atoms with Gasteiger partial charge in [-0.2, -0.15) is 0 Å². The summed E-state index contributed by atoms with van der Waals surface area (Å²) in [6.45, 7) is 2.75. The molecule has 130 valence electrons. The van der Waals surface area contributed by atoms with Crippen molar-refractivity contribution in [2.75, 3.05) is 13.1 Å². The normalized spacial score (nSPS) is 16.3. The van der Waals surface area contributed by atoms with Gasteiger partial charge in [-0.3, -0.25) is 0 Å². The maximum atomic E-state index is 12.7. The number of benzene rings is 1. The lowest BCUT2D eigenvalue weighted by atomic mass is 10.1. The van der Waals surface area contributed by atoms with Crippen LogP contribution in [0.5, 0.6) is 0 Å². The number of piperidine rings is 1. The molecule has 1 aromatic carbocycles. The molecule has 0 amide bonds. The van der Waals surface area contributed by atoms with Crippen molar-refractivity contribution >= 4 is 10.0 Å². The number of nitrogens with zero attached hydrogens (tertiary/aromatic N) is 1. The van der Waals surface area contributed by atoms with Crippen LogP contribution in [0.4, 0.5) is 0 Å². The maximum absolute atomic E-state index is 12.7. The number of hydrogen-bond acceptors (Lipinski definition) is 3. The van der Waals surface area contributed by atoms with E-state index in [9.17, 15) is 8.42 Å². The molecule has 6 heteroatoms. The second-order valence-electron chi connectivity index (χ2n) is 6.31. The van der Waals surface area contributed by atoms with Crippen molar-refractivity contribution in [2.45, 2.75) is 38.1 Å². The minimum absolute atomic E-state index is 0.0923. The first-order chi connectivity index (χ1) is 11.6. The molecule has 24 heavy (non-hydrogen) atoms. The Balaban J connectivity index is 1.64. The van der Waals surface area contributed by atoms with Gasteiger partial charge in [-0.15, -0.1) is 0 Å². The Morgan fingerprint density at radius 3 is 2.46 bits per heavy atom. The molecule has 0 spiro atoms. The van der Waals surface area contributed by atoms with E-state index in [1.54, 1.807) is 4.31 Å². The Bertz CT molecular complexity index is 735. The number of aromatic amines is 1. The van der Waals surface area contributed by atoms with E-state index in [-0.39, 0.29) is 5.75 Å². The van der Waals surface area contributed by atoms with Crippen LogP contribution >= 0.6 is 0 Å². The lowest BCUT2D eigenvalue weighted by molar-refractivity contribution is 0.346. The van der Waals surface area contributed by atoms with E-state index in [1.165, 1.54) is 5.56 Å². The number of H-pyrrole nitrogens is 1. The number of rotatable bonds is 7. The minimum Gasteiger partial charge on any atom is -0.367 e. The molecule has 0 saturated carbocycles. The molecule has 0 atom stereocenters. The fourth-order valence-electron chi connectivity index (χ4n) is 3.11. The predicted octanol–water partition coefficient (Wildman–Crippen LogP) is 2.62. The van der Waals surface area contributed by atoms with Gasteiger partial charge in [0, 0.05) is 38.6 Å². The van der Waals surface area contributed by atoms with E-state index < -0.39 is 10.0 Å². The van der Waals surface area contributed by atoms with Crippen molar-refractivity contribution in [1.82, 2.24) is 14.6 Å². The highest BCUT2D eigenvalue weighted by Crippen LogP contribution is 2.19. The number of hydrogen-bond donors (Lipinski definition) is 2. The van der Waals surface area contributed by atoms with E-state index in [1.807, 2.05) is 42.7 Å². The zero-order chi connectivity index (χ0) is 16.8. The predicted molar refractivity (Wildman–Crippen MR) is 95.8 cm³/mol. The SMILES string of the molecule is O=S(=O)(Cc1ccccc1CNCc1cc[nH]c1)N1CCCCC1. The summed E-state index contributed by atoms with van der Waals surface area (Å²) >= 11 is 0. The number of sulfonamides is 1. The van der Waals surface area contributed by atoms with E-state index in [4.69, 9.17) is 0 Å². The van der Waals surface area contributed by atoms with Gasteiger partial charge < -0.3 is 10.3 Å². The fourth-order valence-corrected chi connectivity index (χ4v) is 4.78.